The van der Waals surface area contributed by atoms with E-state index in [2.05, 4.69) is 20.9 Å². The predicted octanol–water partition coefficient (Wildman–Crippen LogP) is 1.29. The van der Waals surface area contributed by atoms with Crippen molar-refractivity contribution in [2.75, 3.05) is 10.7 Å². The molecule has 19 heavy (non-hydrogen) atoms. The number of benzene rings is 1. The third-order valence-corrected chi connectivity index (χ3v) is 2.41. The summed E-state index contributed by atoms with van der Waals surface area (Å²) in [5, 5.41) is 10.0. The number of halogens is 2. The second kappa shape index (κ2) is 5.68. The molecule has 0 aliphatic rings. The average Bonchev–Trinajstić information content (AvgIpc) is 2.80. The van der Waals surface area contributed by atoms with Crippen molar-refractivity contribution in [3.8, 4) is 0 Å². The lowest BCUT2D eigenvalue weighted by Gasteiger charge is -2.07. The van der Waals surface area contributed by atoms with E-state index in [1.165, 1.54) is 30.9 Å². The summed E-state index contributed by atoms with van der Waals surface area (Å²) in [6.07, 6.45) is 2.48. The van der Waals surface area contributed by atoms with Gasteiger partial charge in [-0.1, -0.05) is 23.2 Å². The molecule has 2 aromatic rings. The first-order chi connectivity index (χ1) is 9.04. The number of carbonyl (C=O) groups excluding carboxylic acids is 2. The molecular formula is C10H7Cl2N5O2. The minimum Gasteiger partial charge on any atom is -0.318 e. The highest BCUT2D eigenvalue weighted by Crippen LogP contribution is 2.22. The zero-order valence-electron chi connectivity index (χ0n) is 9.30. The van der Waals surface area contributed by atoms with E-state index in [-0.39, 0.29) is 0 Å². The lowest BCUT2D eigenvalue weighted by atomic mass is 10.3. The van der Waals surface area contributed by atoms with Crippen molar-refractivity contribution in [3.05, 3.63) is 40.9 Å². The zero-order chi connectivity index (χ0) is 13.8. The van der Waals surface area contributed by atoms with Crippen molar-refractivity contribution < 1.29 is 9.59 Å². The zero-order valence-corrected chi connectivity index (χ0v) is 10.8. The maximum atomic E-state index is 11.6. The van der Waals surface area contributed by atoms with Crippen molar-refractivity contribution in [2.24, 2.45) is 0 Å². The predicted molar refractivity (Wildman–Crippen MR) is 69.5 cm³/mol. The molecule has 0 saturated carbocycles. The number of nitrogens with one attached hydrogen (secondary N) is 2. The lowest BCUT2D eigenvalue weighted by Crippen LogP contribution is -2.33. The quantitative estimate of drug-likeness (QED) is 0.818. The Labute approximate surface area is 117 Å². The van der Waals surface area contributed by atoms with Crippen LogP contribution in [0.15, 0.2) is 30.9 Å². The number of rotatable bonds is 2. The molecule has 0 bridgehead atoms. The van der Waals surface area contributed by atoms with Gasteiger partial charge in [0.15, 0.2) is 0 Å². The highest BCUT2D eigenvalue weighted by atomic mass is 35.5. The normalized spacial score (nSPS) is 10.0. The maximum absolute atomic E-state index is 11.6. The minimum atomic E-state index is -0.879. The second-order valence-electron chi connectivity index (χ2n) is 3.42. The van der Waals surface area contributed by atoms with Gasteiger partial charge in [-0.05, 0) is 18.2 Å². The van der Waals surface area contributed by atoms with E-state index in [9.17, 15) is 9.59 Å². The molecule has 0 atom stereocenters. The van der Waals surface area contributed by atoms with Gasteiger partial charge in [0, 0.05) is 15.7 Å². The van der Waals surface area contributed by atoms with E-state index in [1.54, 1.807) is 0 Å². The van der Waals surface area contributed by atoms with Crippen LogP contribution in [0.4, 0.5) is 5.69 Å². The molecule has 0 fully saturated rings. The van der Waals surface area contributed by atoms with E-state index in [4.69, 9.17) is 23.2 Å². The summed E-state index contributed by atoms with van der Waals surface area (Å²) < 4.78 is 1.15. The first-order valence-electron chi connectivity index (χ1n) is 4.97. The van der Waals surface area contributed by atoms with Gasteiger partial charge in [-0.25, -0.2) is 4.68 Å². The molecule has 1 aromatic heterocycles. The summed E-state index contributed by atoms with van der Waals surface area (Å²) in [5.74, 6) is -1.75. The fraction of sp³-hybridized carbons (Fsp3) is 0. The molecule has 2 amide bonds. The largest absolute Gasteiger partial charge is 0.328 e. The van der Waals surface area contributed by atoms with Crippen molar-refractivity contribution >= 4 is 40.7 Å². The fourth-order valence-corrected chi connectivity index (χ4v) is 1.77. The van der Waals surface area contributed by atoms with Gasteiger partial charge in [-0.3, -0.25) is 15.0 Å². The summed E-state index contributed by atoms with van der Waals surface area (Å²) in [6, 6.07) is 4.45. The van der Waals surface area contributed by atoms with Crippen LogP contribution in [0.25, 0.3) is 0 Å². The monoisotopic (exact) mass is 299 g/mol. The summed E-state index contributed by atoms with van der Waals surface area (Å²) in [4.78, 5) is 23.1. The summed E-state index contributed by atoms with van der Waals surface area (Å²) in [7, 11) is 0. The molecule has 2 N–H and O–H groups in total. The van der Waals surface area contributed by atoms with Gasteiger partial charge >= 0.3 is 11.8 Å². The number of amides is 2. The maximum Gasteiger partial charge on any atom is 0.328 e. The third-order valence-electron chi connectivity index (χ3n) is 1.98. The van der Waals surface area contributed by atoms with Crippen LogP contribution in [0.1, 0.15) is 0 Å². The molecule has 1 aromatic carbocycles. The Balaban J connectivity index is 2.02. The molecular weight excluding hydrogens is 293 g/mol. The van der Waals surface area contributed by atoms with Gasteiger partial charge < -0.3 is 5.32 Å². The van der Waals surface area contributed by atoms with E-state index in [0.717, 1.165) is 4.68 Å². The Kier molecular flexibility index (Phi) is 3.98. The Bertz CT molecular complexity index is 594. The smallest absolute Gasteiger partial charge is 0.318 e. The summed E-state index contributed by atoms with van der Waals surface area (Å²) in [6.45, 7) is 0. The van der Waals surface area contributed by atoms with Crippen LogP contribution in [-0.2, 0) is 9.59 Å². The van der Waals surface area contributed by atoms with Gasteiger partial charge in [-0.15, -0.1) is 10.2 Å². The van der Waals surface area contributed by atoms with Crippen LogP contribution in [0, 0.1) is 0 Å². The van der Waals surface area contributed by atoms with Gasteiger partial charge in [0.1, 0.15) is 12.7 Å². The number of hydrogen-bond acceptors (Lipinski definition) is 4. The average molecular weight is 300 g/mol. The van der Waals surface area contributed by atoms with Crippen LogP contribution < -0.4 is 10.7 Å². The van der Waals surface area contributed by atoms with E-state index in [0.29, 0.717) is 15.7 Å². The van der Waals surface area contributed by atoms with E-state index >= 15 is 0 Å². The van der Waals surface area contributed by atoms with Crippen LogP contribution in [0.2, 0.25) is 10.0 Å². The molecule has 2 rings (SSSR count). The Morgan fingerprint density at radius 2 is 1.58 bits per heavy atom. The van der Waals surface area contributed by atoms with Crippen LogP contribution in [0.3, 0.4) is 0 Å². The number of anilines is 1. The highest BCUT2D eigenvalue weighted by molar-refractivity contribution is 6.42. The number of aromatic nitrogens is 3. The summed E-state index contributed by atoms with van der Waals surface area (Å²) in [5.41, 5.74) is 2.57. The van der Waals surface area contributed by atoms with Crippen LogP contribution in [-0.4, -0.2) is 26.7 Å². The minimum absolute atomic E-state index is 0.321. The second-order valence-corrected chi connectivity index (χ2v) is 4.30. The SMILES string of the molecule is O=C(Nc1cc(Cl)cc(Cl)c1)C(=O)Nn1cnnc1. The highest BCUT2D eigenvalue weighted by Gasteiger charge is 2.14. The van der Waals surface area contributed by atoms with Crippen molar-refractivity contribution in [2.45, 2.75) is 0 Å². The summed E-state index contributed by atoms with van der Waals surface area (Å²) >= 11 is 11.5. The number of hydrogen-bond donors (Lipinski definition) is 2. The molecule has 0 unspecified atom stereocenters. The molecule has 9 heteroatoms. The molecule has 0 aliphatic heterocycles. The molecule has 98 valence electrons. The van der Waals surface area contributed by atoms with E-state index < -0.39 is 11.8 Å². The van der Waals surface area contributed by atoms with Gasteiger partial charge in [0.25, 0.3) is 0 Å². The topological polar surface area (TPSA) is 88.9 Å². The number of carbonyl (C=O) groups is 2. The van der Waals surface area contributed by atoms with Gasteiger partial charge in [0.05, 0.1) is 0 Å². The number of nitrogens with zero attached hydrogens (tertiary/aromatic N) is 3. The van der Waals surface area contributed by atoms with Crippen LogP contribution >= 0.6 is 23.2 Å². The molecule has 0 aliphatic carbocycles. The Morgan fingerprint density at radius 3 is 2.16 bits per heavy atom. The Hall–Kier alpha value is -2.12. The Morgan fingerprint density at radius 1 is 1.00 bits per heavy atom. The third kappa shape index (κ3) is 3.67. The molecule has 0 radical (unpaired) electrons. The molecule has 7 nitrogen and oxygen atoms in total. The van der Waals surface area contributed by atoms with Crippen molar-refractivity contribution in [1.29, 1.82) is 0 Å². The first-order valence-corrected chi connectivity index (χ1v) is 5.73. The molecule has 0 saturated heterocycles. The first kappa shape index (κ1) is 13.3. The standard InChI is InChI=1S/C10H7Cl2N5O2/c11-6-1-7(12)3-8(2-6)15-9(18)10(19)16-17-4-13-14-5-17/h1-5H,(H,15,18)(H,16,19). The van der Waals surface area contributed by atoms with Crippen molar-refractivity contribution in [1.82, 2.24) is 14.9 Å². The van der Waals surface area contributed by atoms with Gasteiger partial charge in [0.2, 0.25) is 0 Å². The fourth-order valence-electron chi connectivity index (χ4n) is 1.24. The van der Waals surface area contributed by atoms with Gasteiger partial charge in [-0.2, -0.15) is 0 Å². The van der Waals surface area contributed by atoms with Crippen molar-refractivity contribution in [3.63, 3.8) is 0 Å². The lowest BCUT2D eigenvalue weighted by molar-refractivity contribution is -0.133. The molecule has 0 spiro atoms. The molecule has 1 heterocycles. The van der Waals surface area contributed by atoms with E-state index in [1.807, 2.05) is 0 Å². The van der Waals surface area contributed by atoms with Crippen LogP contribution in [0.5, 0.6) is 0 Å².